The first-order valence-corrected chi connectivity index (χ1v) is 8.92. The third kappa shape index (κ3) is 3.11. The Morgan fingerprint density at radius 1 is 0.964 bits per heavy atom. The Labute approximate surface area is 163 Å². The van der Waals surface area contributed by atoms with Crippen LogP contribution in [0.3, 0.4) is 0 Å². The summed E-state index contributed by atoms with van der Waals surface area (Å²) >= 11 is 0. The van der Waals surface area contributed by atoms with E-state index in [1.165, 1.54) is 4.90 Å². The zero-order chi connectivity index (χ0) is 19.7. The number of aryl methyl sites for hydroxylation is 1. The van der Waals surface area contributed by atoms with Crippen LogP contribution in [0.1, 0.15) is 38.1 Å². The minimum absolute atomic E-state index is 0.368. The summed E-state index contributed by atoms with van der Waals surface area (Å²) in [5, 5.41) is 0. The number of amides is 2. The van der Waals surface area contributed by atoms with Crippen molar-refractivity contribution in [3.05, 3.63) is 95.1 Å². The number of benzene rings is 3. The smallest absolute Gasteiger partial charge is 0.267 e. The standard InChI is InChI=1S/C23H19NO4/c1-15-7-9-17(10-8-15)23-24(21(25)16-11-13-18(27-2)14-12-16)22(26)19-5-3-4-6-20(19)28-23/h3-14,23H,1-2H3. The van der Waals surface area contributed by atoms with Gasteiger partial charge in [-0.25, -0.2) is 4.90 Å². The van der Waals surface area contributed by atoms with Gasteiger partial charge >= 0.3 is 0 Å². The number of fused-ring (bicyclic) bond motifs is 1. The Morgan fingerprint density at radius 3 is 2.32 bits per heavy atom. The van der Waals surface area contributed by atoms with Crippen LogP contribution in [-0.2, 0) is 0 Å². The Bertz CT molecular complexity index is 1030. The number of hydrogen-bond acceptors (Lipinski definition) is 4. The van der Waals surface area contributed by atoms with Gasteiger partial charge in [0.05, 0.1) is 12.7 Å². The average Bonchev–Trinajstić information content (AvgIpc) is 2.74. The quantitative estimate of drug-likeness (QED) is 0.640. The van der Waals surface area contributed by atoms with E-state index < -0.39 is 12.1 Å². The lowest BCUT2D eigenvalue weighted by Gasteiger charge is -2.35. The van der Waals surface area contributed by atoms with Crippen LogP contribution in [0.25, 0.3) is 0 Å². The number of hydrogen-bond donors (Lipinski definition) is 0. The Hall–Kier alpha value is -3.60. The summed E-state index contributed by atoms with van der Waals surface area (Å²) < 4.78 is 11.2. The van der Waals surface area contributed by atoms with Gasteiger partial charge in [-0.05, 0) is 43.3 Å². The molecule has 5 nitrogen and oxygen atoms in total. The molecule has 140 valence electrons. The molecule has 1 heterocycles. The lowest BCUT2D eigenvalue weighted by Crippen LogP contribution is -2.45. The van der Waals surface area contributed by atoms with Crippen LogP contribution < -0.4 is 9.47 Å². The lowest BCUT2D eigenvalue weighted by molar-refractivity contribution is 0.0107. The van der Waals surface area contributed by atoms with Crippen molar-refractivity contribution in [2.45, 2.75) is 13.2 Å². The monoisotopic (exact) mass is 373 g/mol. The zero-order valence-corrected chi connectivity index (χ0v) is 15.6. The van der Waals surface area contributed by atoms with Gasteiger partial charge in [0.1, 0.15) is 11.5 Å². The number of nitrogens with zero attached hydrogens (tertiary/aromatic N) is 1. The fourth-order valence-electron chi connectivity index (χ4n) is 3.17. The van der Waals surface area contributed by atoms with E-state index in [0.29, 0.717) is 22.6 Å². The highest BCUT2D eigenvalue weighted by atomic mass is 16.5. The van der Waals surface area contributed by atoms with Gasteiger partial charge in [-0.2, -0.15) is 0 Å². The molecule has 3 aromatic carbocycles. The van der Waals surface area contributed by atoms with Crippen molar-refractivity contribution in [2.75, 3.05) is 7.11 Å². The van der Waals surface area contributed by atoms with E-state index in [-0.39, 0.29) is 5.91 Å². The number of carbonyl (C=O) groups is 2. The first-order valence-electron chi connectivity index (χ1n) is 8.92. The number of rotatable bonds is 3. The van der Waals surface area contributed by atoms with Crippen LogP contribution in [0, 0.1) is 6.92 Å². The molecule has 0 radical (unpaired) electrons. The van der Waals surface area contributed by atoms with Crippen molar-refractivity contribution in [3.63, 3.8) is 0 Å². The highest BCUT2D eigenvalue weighted by Crippen LogP contribution is 2.36. The number of para-hydroxylation sites is 1. The molecule has 3 aromatic rings. The Morgan fingerprint density at radius 2 is 1.64 bits per heavy atom. The van der Waals surface area contributed by atoms with Crippen LogP contribution in [-0.4, -0.2) is 23.8 Å². The van der Waals surface area contributed by atoms with Crippen LogP contribution in [0.5, 0.6) is 11.5 Å². The summed E-state index contributed by atoms with van der Waals surface area (Å²) in [4.78, 5) is 27.6. The third-order valence-corrected chi connectivity index (χ3v) is 4.73. The normalized spacial score (nSPS) is 15.6. The molecule has 0 N–H and O–H groups in total. The van der Waals surface area contributed by atoms with Crippen molar-refractivity contribution >= 4 is 11.8 Å². The molecule has 5 heteroatoms. The summed E-state index contributed by atoms with van der Waals surface area (Å²) in [5.74, 6) is 0.302. The lowest BCUT2D eigenvalue weighted by atomic mass is 10.0. The van der Waals surface area contributed by atoms with Gasteiger partial charge in [0, 0.05) is 11.1 Å². The highest BCUT2D eigenvalue weighted by molar-refractivity contribution is 6.12. The van der Waals surface area contributed by atoms with E-state index in [2.05, 4.69) is 0 Å². The summed E-state index contributed by atoms with van der Waals surface area (Å²) in [7, 11) is 1.56. The van der Waals surface area contributed by atoms with E-state index in [4.69, 9.17) is 9.47 Å². The first-order chi connectivity index (χ1) is 13.6. The van der Waals surface area contributed by atoms with Crippen LogP contribution in [0.2, 0.25) is 0 Å². The molecule has 0 aliphatic carbocycles. The molecule has 0 fully saturated rings. The van der Waals surface area contributed by atoms with Gasteiger partial charge in [0.25, 0.3) is 11.8 Å². The number of imide groups is 1. The van der Waals surface area contributed by atoms with Crippen molar-refractivity contribution in [2.24, 2.45) is 0 Å². The molecule has 1 atom stereocenters. The van der Waals surface area contributed by atoms with E-state index in [9.17, 15) is 9.59 Å². The highest BCUT2D eigenvalue weighted by Gasteiger charge is 2.39. The Kier molecular flexibility index (Phi) is 4.57. The fourth-order valence-corrected chi connectivity index (χ4v) is 3.17. The molecule has 28 heavy (non-hydrogen) atoms. The van der Waals surface area contributed by atoms with E-state index in [0.717, 1.165) is 11.1 Å². The molecule has 0 saturated heterocycles. The van der Waals surface area contributed by atoms with Gasteiger partial charge in [0.15, 0.2) is 0 Å². The summed E-state index contributed by atoms with van der Waals surface area (Å²) in [5.41, 5.74) is 2.57. The predicted molar refractivity (Wildman–Crippen MR) is 104 cm³/mol. The molecule has 0 bridgehead atoms. The predicted octanol–water partition coefficient (Wildman–Crippen LogP) is 4.38. The molecule has 1 aliphatic rings. The second-order valence-electron chi connectivity index (χ2n) is 6.59. The third-order valence-electron chi connectivity index (χ3n) is 4.73. The van der Waals surface area contributed by atoms with Gasteiger partial charge in [0.2, 0.25) is 6.23 Å². The fraction of sp³-hybridized carbons (Fsp3) is 0.130. The molecule has 0 spiro atoms. The van der Waals surface area contributed by atoms with Crippen LogP contribution in [0.4, 0.5) is 0 Å². The molecule has 1 unspecified atom stereocenters. The summed E-state index contributed by atoms with van der Waals surface area (Å²) in [6, 6.07) is 21.2. The van der Waals surface area contributed by atoms with Gasteiger partial charge in [-0.15, -0.1) is 0 Å². The molecule has 2 amide bonds. The van der Waals surface area contributed by atoms with Crippen molar-refractivity contribution < 1.29 is 19.1 Å². The SMILES string of the molecule is COc1ccc(C(=O)N2C(=O)c3ccccc3OC2c2ccc(C)cc2)cc1. The van der Waals surface area contributed by atoms with Crippen LogP contribution >= 0.6 is 0 Å². The Balaban J connectivity index is 1.78. The second-order valence-corrected chi connectivity index (χ2v) is 6.59. The minimum Gasteiger partial charge on any atom is -0.497 e. The van der Waals surface area contributed by atoms with Gasteiger partial charge < -0.3 is 9.47 Å². The molecule has 4 rings (SSSR count). The topological polar surface area (TPSA) is 55.8 Å². The molecular formula is C23H19NO4. The molecule has 1 aliphatic heterocycles. The first kappa shape index (κ1) is 17.8. The summed E-state index contributed by atoms with van der Waals surface area (Å²) in [6.07, 6.45) is -0.836. The van der Waals surface area contributed by atoms with Gasteiger partial charge in [-0.1, -0.05) is 42.0 Å². The van der Waals surface area contributed by atoms with Crippen molar-refractivity contribution in [3.8, 4) is 11.5 Å². The number of methoxy groups -OCH3 is 1. The second kappa shape index (κ2) is 7.19. The van der Waals surface area contributed by atoms with E-state index in [1.54, 1.807) is 55.6 Å². The number of ether oxygens (including phenoxy) is 2. The van der Waals surface area contributed by atoms with Crippen molar-refractivity contribution in [1.82, 2.24) is 4.90 Å². The summed E-state index contributed by atoms with van der Waals surface area (Å²) in [6.45, 7) is 1.98. The molecule has 0 saturated carbocycles. The van der Waals surface area contributed by atoms with Gasteiger partial charge in [-0.3, -0.25) is 9.59 Å². The van der Waals surface area contributed by atoms with Crippen LogP contribution in [0.15, 0.2) is 72.8 Å². The molecule has 0 aromatic heterocycles. The van der Waals surface area contributed by atoms with Crippen molar-refractivity contribution in [1.29, 1.82) is 0 Å². The molecular weight excluding hydrogens is 354 g/mol. The maximum atomic E-state index is 13.3. The largest absolute Gasteiger partial charge is 0.497 e. The van der Waals surface area contributed by atoms with E-state index in [1.807, 2.05) is 31.2 Å². The maximum absolute atomic E-state index is 13.3. The maximum Gasteiger partial charge on any atom is 0.267 e. The zero-order valence-electron chi connectivity index (χ0n) is 15.6. The number of carbonyl (C=O) groups excluding carboxylic acids is 2. The minimum atomic E-state index is -0.836. The average molecular weight is 373 g/mol. The van der Waals surface area contributed by atoms with E-state index >= 15 is 0 Å².